The molecular weight excluding hydrogens is 668 g/mol. The van der Waals surface area contributed by atoms with Gasteiger partial charge in [0, 0.05) is 22.6 Å². The van der Waals surface area contributed by atoms with Crippen LogP contribution < -0.4 is 0 Å². The molecule has 3 aromatic rings. The topological polar surface area (TPSA) is 43.4 Å². The predicted octanol–water partition coefficient (Wildman–Crippen LogP) is 8.33. The van der Waals surface area contributed by atoms with Gasteiger partial charge in [-0.25, -0.2) is 13.6 Å². The Morgan fingerprint density at radius 2 is 1.67 bits per heavy atom. The minimum absolute atomic E-state index is 0.0452. The number of aryl methyl sites for hydroxylation is 2. The zero-order valence-electron chi connectivity index (χ0n) is 17.6. The van der Waals surface area contributed by atoms with Crippen molar-refractivity contribution in [1.82, 2.24) is 0 Å². The van der Waals surface area contributed by atoms with Gasteiger partial charge in [0.25, 0.3) is 0 Å². The first kappa shape index (κ1) is 28.2. The zero-order valence-corrected chi connectivity index (χ0v) is 24.0. The van der Waals surface area contributed by atoms with Crippen LogP contribution in [-0.2, 0) is 11.2 Å². The van der Waals surface area contributed by atoms with Crippen molar-refractivity contribution in [1.29, 1.82) is 0 Å². The molecule has 11 heteroatoms. The van der Waals surface area contributed by atoms with Gasteiger partial charge in [-0.3, -0.25) is 4.79 Å². The van der Waals surface area contributed by atoms with E-state index in [1.807, 2.05) is 0 Å². The largest absolute Gasteiger partial charge is 0.465 e. The minimum Gasteiger partial charge on any atom is -0.465 e. The molecule has 2 aromatic carbocycles. The Balaban J connectivity index is 0.000000890. The van der Waals surface area contributed by atoms with E-state index in [-0.39, 0.29) is 37.0 Å². The highest BCUT2D eigenvalue weighted by Crippen LogP contribution is 2.37. The lowest BCUT2D eigenvalue weighted by atomic mass is 9.96. The van der Waals surface area contributed by atoms with Crippen molar-refractivity contribution in [2.75, 3.05) is 7.11 Å². The first-order chi connectivity index (χ1) is 15.5. The van der Waals surface area contributed by atoms with Crippen molar-refractivity contribution in [2.45, 2.75) is 20.3 Å². The fraction of sp³-hybridized carbons (Fsp3) is 0.182. The Hall–Kier alpha value is -1.07. The fourth-order valence-corrected chi connectivity index (χ4v) is 4.28. The minimum atomic E-state index is -1.04. The maximum absolute atomic E-state index is 14.5. The Morgan fingerprint density at radius 1 is 1.06 bits per heavy atom. The van der Waals surface area contributed by atoms with Gasteiger partial charge in [-0.05, 0) is 48.1 Å². The number of hydrogen-bond donors (Lipinski definition) is 0. The van der Waals surface area contributed by atoms with Gasteiger partial charge in [0.15, 0.2) is 17.4 Å². The molecule has 0 aliphatic heterocycles. The molecule has 3 rings (SSSR count). The van der Waals surface area contributed by atoms with E-state index in [4.69, 9.17) is 16.3 Å². The Labute approximate surface area is 224 Å². The average Bonchev–Trinajstić information content (AvgIpc) is 3.16. The van der Waals surface area contributed by atoms with Crippen LogP contribution in [0.25, 0.3) is 10.4 Å². The molecule has 0 fully saturated rings. The van der Waals surface area contributed by atoms with Crippen molar-refractivity contribution >= 4 is 85.1 Å². The summed E-state index contributed by atoms with van der Waals surface area (Å²) in [5, 5.41) is 2.02. The summed E-state index contributed by atoms with van der Waals surface area (Å²) in [5.74, 6) is -2.97. The lowest BCUT2D eigenvalue weighted by molar-refractivity contribution is 0.0601. The average molecular weight is 685 g/mol. The molecule has 0 atom stereocenters. The maximum atomic E-state index is 14.5. The number of hydrogen-bond acceptors (Lipinski definition) is 4. The smallest absolute Gasteiger partial charge is 0.369 e. The molecule has 33 heavy (non-hydrogen) atoms. The number of halogens is 6. The molecule has 0 bridgehead atoms. The highest BCUT2D eigenvalue weighted by atomic mass is 79.9. The summed E-state index contributed by atoms with van der Waals surface area (Å²) in [5.41, 5.74) is 1.76. The molecule has 0 amide bonds. The van der Waals surface area contributed by atoms with Crippen LogP contribution in [0.2, 0.25) is 5.02 Å². The van der Waals surface area contributed by atoms with Crippen molar-refractivity contribution in [3.63, 3.8) is 0 Å². The number of methoxy groups -OCH3 is 1. The number of ketones is 1. The van der Waals surface area contributed by atoms with Gasteiger partial charge in [0.2, 0.25) is 0 Å². The Bertz CT molecular complexity index is 1190. The molecular formula is C22H17BBr3ClF2O3S. The van der Waals surface area contributed by atoms with Crippen LogP contribution in [0.15, 0.2) is 35.7 Å². The summed E-state index contributed by atoms with van der Waals surface area (Å²) in [4.78, 5) is 25.5. The molecule has 0 saturated carbocycles. The molecule has 0 aliphatic rings. The number of Topliss-reactive ketones (excluding diaryl/α,β-unsaturated/α-hetero) is 1. The number of ether oxygens (including phenoxy) is 1. The molecule has 3 nitrogen and oxygen atoms in total. The molecule has 1 heterocycles. The number of esters is 1. The third-order valence-corrected chi connectivity index (χ3v) is 5.92. The molecule has 174 valence electrons. The summed E-state index contributed by atoms with van der Waals surface area (Å²) in [6, 6.07) is 7.85. The van der Waals surface area contributed by atoms with Crippen LogP contribution in [-0.4, -0.2) is 22.0 Å². The molecule has 1 aromatic heterocycles. The van der Waals surface area contributed by atoms with Gasteiger partial charge in [-0.1, -0.05) is 29.8 Å². The van der Waals surface area contributed by atoms with Crippen molar-refractivity contribution in [2.24, 2.45) is 0 Å². The SMILES string of the molecule is BrB(Br)Br.COC(=O)c1c(CC(=O)c2cc(Cl)ccc2C)csc1-c1ccc(C)c(F)c1F. The summed E-state index contributed by atoms with van der Waals surface area (Å²) < 4.78 is 33.7. The molecule has 0 radical (unpaired) electrons. The molecule has 0 N–H and O–H groups in total. The van der Waals surface area contributed by atoms with Gasteiger partial charge >= 0.3 is 9.15 Å². The number of carbonyl (C=O) groups is 2. The second kappa shape index (κ2) is 12.6. The van der Waals surface area contributed by atoms with E-state index in [0.717, 1.165) is 16.9 Å². The van der Waals surface area contributed by atoms with Crippen LogP contribution in [0.4, 0.5) is 8.78 Å². The van der Waals surface area contributed by atoms with Gasteiger partial charge in [0.05, 0.1) is 17.6 Å². The highest BCUT2D eigenvalue weighted by molar-refractivity contribution is 9.69. The highest BCUT2D eigenvalue weighted by Gasteiger charge is 2.26. The van der Waals surface area contributed by atoms with Gasteiger partial charge in [-0.2, -0.15) is 0 Å². The van der Waals surface area contributed by atoms with Crippen LogP contribution in [0.5, 0.6) is 0 Å². The van der Waals surface area contributed by atoms with Gasteiger partial charge in [0.1, 0.15) is 0 Å². The predicted molar refractivity (Wildman–Crippen MR) is 143 cm³/mol. The third kappa shape index (κ3) is 7.21. The van der Waals surface area contributed by atoms with Crippen LogP contribution in [0.3, 0.4) is 0 Å². The summed E-state index contributed by atoms with van der Waals surface area (Å²) in [6.45, 7) is 3.24. The number of carbonyl (C=O) groups excluding carboxylic acids is 2. The standard InChI is InChI=1S/C22H17ClF2O3S.BBr3/c1-11-4-6-14(23)9-16(11)17(26)8-13-10-29-21(18(13)22(27)28-3)15-7-5-12(2)19(24)20(15)25;2-1(3)4/h4-7,9-10H,8H2,1-3H3;. The number of rotatable bonds is 5. The van der Waals surface area contributed by atoms with E-state index in [0.29, 0.717) is 16.1 Å². The molecule has 0 saturated heterocycles. The van der Waals surface area contributed by atoms with E-state index < -0.39 is 17.6 Å². The Morgan fingerprint density at radius 3 is 2.27 bits per heavy atom. The second-order valence-electron chi connectivity index (χ2n) is 6.82. The molecule has 0 aliphatic carbocycles. The van der Waals surface area contributed by atoms with Gasteiger partial charge < -0.3 is 4.74 Å². The van der Waals surface area contributed by atoms with Crippen molar-refractivity contribution in [3.05, 3.63) is 80.2 Å². The zero-order chi connectivity index (χ0) is 24.9. The third-order valence-electron chi connectivity index (χ3n) is 4.63. The van der Waals surface area contributed by atoms with E-state index in [9.17, 15) is 18.4 Å². The van der Waals surface area contributed by atoms with Crippen molar-refractivity contribution in [3.8, 4) is 10.4 Å². The van der Waals surface area contributed by atoms with E-state index in [1.165, 1.54) is 26.2 Å². The van der Waals surface area contributed by atoms with Crippen molar-refractivity contribution < 1.29 is 23.1 Å². The summed E-state index contributed by atoms with van der Waals surface area (Å²) in [7, 11) is 1.20. The normalized spacial score (nSPS) is 10.3. The number of benzene rings is 2. The monoisotopic (exact) mass is 682 g/mol. The van der Waals surface area contributed by atoms with E-state index in [2.05, 4.69) is 47.3 Å². The lowest BCUT2D eigenvalue weighted by Gasteiger charge is -2.09. The maximum Gasteiger partial charge on any atom is 0.369 e. The van der Waals surface area contributed by atoms with Crippen LogP contribution in [0, 0.1) is 25.5 Å². The summed E-state index contributed by atoms with van der Waals surface area (Å²) >= 11 is 16.4. The molecule has 0 spiro atoms. The fourth-order valence-electron chi connectivity index (χ4n) is 3.03. The van der Waals surface area contributed by atoms with Gasteiger partial charge in [-0.15, -0.1) is 58.6 Å². The lowest BCUT2D eigenvalue weighted by Crippen LogP contribution is -2.11. The summed E-state index contributed by atoms with van der Waals surface area (Å²) in [6.07, 6.45) is -0.0991. The first-order valence-electron chi connectivity index (χ1n) is 9.33. The first-order valence-corrected chi connectivity index (χ1v) is 13.3. The van der Waals surface area contributed by atoms with Crippen LogP contribution >= 0.6 is 70.2 Å². The second-order valence-corrected chi connectivity index (χ2v) is 14.6. The van der Waals surface area contributed by atoms with E-state index >= 15 is 0 Å². The quantitative estimate of drug-likeness (QED) is 0.154. The number of thiophene rings is 1. The van der Waals surface area contributed by atoms with Crippen LogP contribution in [0.1, 0.15) is 37.4 Å². The van der Waals surface area contributed by atoms with E-state index in [1.54, 1.807) is 30.5 Å². The molecule has 0 unspecified atom stereocenters. The Kier molecular flexibility index (Phi) is 10.7.